The largest absolute Gasteiger partial charge is 0.482 e. The van der Waals surface area contributed by atoms with Crippen LogP contribution in [0.2, 0.25) is 0 Å². The number of benzene rings is 1. The summed E-state index contributed by atoms with van der Waals surface area (Å²) >= 11 is 4.71. The number of ether oxygens (including phenoxy) is 1. The van der Waals surface area contributed by atoms with E-state index in [2.05, 4.69) is 36.5 Å². The first kappa shape index (κ1) is 17.7. The van der Waals surface area contributed by atoms with Crippen LogP contribution in [0.1, 0.15) is 16.2 Å². The number of thiophene rings is 1. The minimum absolute atomic E-state index is 0.0110. The molecule has 0 fully saturated rings. The molecule has 136 valence electrons. The molecule has 0 saturated carbocycles. The van der Waals surface area contributed by atoms with Crippen molar-refractivity contribution in [3.05, 3.63) is 44.4 Å². The third-order valence-corrected chi connectivity index (χ3v) is 6.26. The molecule has 0 spiro atoms. The molecule has 27 heavy (non-hydrogen) atoms. The molecule has 3 heterocycles. The summed E-state index contributed by atoms with van der Waals surface area (Å²) in [5.74, 6) is -0.180. The number of halogens is 1. The Hall–Kier alpha value is -2.66. The van der Waals surface area contributed by atoms with Crippen LogP contribution < -0.4 is 25.7 Å². The number of aromatic nitrogens is 2. The van der Waals surface area contributed by atoms with Crippen molar-refractivity contribution in [1.82, 2.24) is 15.3 Å². The minimum Gasteiger partial charge on any atom is -0.482 e. The van der Waals surface area contributed by atoms with E-state index in [-0.39, 0.29) is 30.4 Å². The van der Waals surface area contributed by atoms with Gasteiger partial charge in [0.25, 0.3) is 17.4 Å². The van der Waals surface area contributed by atoms with E-state index in [0.717, 1.165) is 10.3 Å². The van der Waals surface area contributed by atoms with Crippen molar-refractivity contribution in [3.63, 3.8) is 0 Å². The van der Waals surface area contributed by atoms with Gasteiger partial charge in [0.05, 0.1) is 11.1 Å². The number of carbonyl (C=O) groups excluding carboxylic acids is 2. The van der Waals surface area contributed by atoms with Crippen LogP contribution in [0, 0.1) is 0 Å². The predicted molar refractivity (Wildman–Crippen MR) is 108 cm³/mol. The van der Waals surface area contributed by atoms with Gasteiger partial charge in [-0.2, -0.15) is 0 Å². The van der Waals surface area contributed by atoms with Crippen LogP contribution in [0.4, 0.5) is 5.69 Å². The van der Waals surface area contributed by atoms with Crippen molar-refractivity contribution < 1.29 is 14.3 Å². The molecular weight excluding hydrogens is 435 g/mol. The lowest BCUT2D eigenvalue weighted by Gasteiger charge is -2.18. The number of anilines is 1. The molecule has 3 aromatic rings. The monoisotopic (exact) mass is 446 g/mol. The van der Waals surface area contributed by atoms with Gasteiger partial charge in [-0.1, -0.05) is 6.07 Å². The van der Waals surface area contributed by atoms with Crippen LogP contribution >= 0.6 is 27.3 Å². The van der Waals surface area contributed by atoms with Gasteiger partial charge in [0.15, 0.2) is 14.5 Å². The molecular formula is C16H12BBrN4O4S. The molecule has 4 rings (SSSR count). The lowest BCUT2D eigenvalue weighted by molar-refractivity contribution is -0.118. The maximum absolute atomic E-state index is 12.4. The molecule has 0 aliphatic carbocycles. The zero-order chi connectivity index (χ0) is 19.1. The zero-order valence-corrected chi connectivity index (χ0v) is 16.4. The smallest absolute Gasteiger partial charge is 0.287 e. The Morgan fingerprint density at radius 1 is 1.41 bits per heavy atom. The van der Waals surface area contributed by atoms with Crippen LogP contribution in [0.3, 0.4) is 0 Å². The average Bonchev–Trinajstić information content (AvgIpc) is 2.93. The molecule has 2 amide bonds. The van der Waals surface area contributed by atoms with Crippen LogP contribution in [0.15, 0.2) is 27.5 Å². The van der Waals surface area contributed by atoms with Crippen molar-refractivity contribution in [2.24, 2.45) is 0 Å². The van der Waals surface area contributed by atoms with Gasteiger partial charge in [-0.05, 0) is 38.4 Å². The number of H-pyrrole nitrogens is 1. The summed E-state index contributed by atoms with van der Waals surface area (Å²) in [4.78, 5) is 43.3. The fourth-order valence-corrected chi connectivity index (χ4v) is 4.36. The summed E-state index contributed by atoms with van der Waals surface area (Å²) in [5.41, 5.74) is 0.964. The maximum Gasteiger partial charge on any atom is 0.287 e. The topological polar surface area (TPSA) is 113 Å². The summed E-state index contributed by atoms with van der Waals surface area (Å²) in [6, 6.07) is 5.25. The number of hydrogen-bond acceptors (Lipinski definition) is 6. The first-order valence-electron chi connectivity index (χ1n) is 7.95. The van der Waals surface area contributed by atoms with Gasteiger partial charge in [-0.15, -0.1) is 11.3 Å². The number of hydrogen-bond donors (Lipinski definition) is 3. The number of nitrogens with one attached hydrogen (secondary N) is 3. The molecule has 1 aliphatic rings. The Balaban J connectivity index is 1.53. The van der Waals surface area contributed by atoms with Gasteiger partial charge >= 0.3 is 0 Å². The second-order valence-corrected chi connectivity index (χ2v) is 7.91. The van der Waals surface area contributed by atoms with Crippen molar-refractivity contribution >= 4 is 67.6 Å². The molecule has 0 bridgehead atoms. The highest BCUT2D eigenvalue weighted by Gasteiger charge is 2.18. The highest BCUT2D eigenvalue weighted by atomic mass is 79.9. The Morgan fingerprint density at radius 3 is 3.04 bits per heavy atom. The van der Waals surface area contributed by atoms with Gasteiger partial charge < -0.3 is 20.4 Å². The number of aromatic amines is 1. The fourth-order valence-electron chi connectivity index (χ4n) is 2.70. The first-order chi connectivity index (χ1) is 12.9. The lowest BCUT2D eigenvalue weighted by atomic mass is 10.1. The second kappa shape index (κ2) is 6.82. The maximum atomic E-state index is 12.4. The second-order valence-electron chi connectivity index (χ2n) is 5.92. The van der Waals surface area contributed by atoms with Crippen LogP contribution in [0.5, 0.6) is 5.75 Å². The molecule has 2 aromatic heterocycles. The van der Waals surface area contributed by atoms with Crippen molar-refractivity contribution in [1.29, 1.82) is 0 Å². The Labute approximate surface area is 165 Å². The normalized spacial score (nSPS) is 13.0. The van der Waals surface area contributed by atoms with E-state index in [1.807, 2.05) is 7.85 Å². The summed E-state index contributed by atoms with van der Waals surface area (Å²) in [7, 11) is 1.87. The highest BCUT2D eigenvalue weighted by molar-refractivity contribution is 9.11. The number of nitrogens with zero attached hydrogens (tertiary/aromatic N) is 1. The summed E-state index contributed by atoms with van der Waals surface area (Å²) < 4.78 is 6.91. The predicted octanol–water partition coefficient (Wildman–Crippen LogP) is 0.266. The van der Waals surface area contributed by atoms with Crippen molar-refractivity contribution in [2.45, 2.75) is 6.54 Å². The number of carbonyl (C=O) groups is 2. The van der Waals surface area contributed by atoms with E-state index >= 15 is 0 Å². The van der Waals surface area contributed by atoms with Crippen LogP contribution in [-0.4, -0.2) is 36.2 Å². The third kappa shape index (κ3) is 3.35. The molecule has 1 aromatic carbocycles. The molecule has 0 atom stereocenters. The van der Waals surface area contributed by atoms with Gasteiger partial charge in [0.2, 0.25) is 5.82 Å². The number of rotatable bonds is 3. The SMILES string of the molecule is Bc1sc2nc(C(=O)NCc3ccc4c(c3)NC(=O)CO4)[nH]c(=O)c2c1Br. The van der Waals surface area contributed by atoms with Crippen LogP contribution in [0.25, 0.3) is 10.2 Å². The summed E-state index contributed by atoms with van der Waals surface area (Å²) in [6.07, 6.45) is 0. The molecule has 8 nitrogen and oxygen atoms in total. The average molecular weight is 447 g/mol. The van der Waals surface area contributed by atoms with Gasteiger partial charge in [-0.3, -0.25) is 14.4 Å². The molecule has 0 saturated heterocycles. The molecule has 1 aliphatic heterocycles. The van der Waals surface area contributed by atoms with Gasteiger partial charge in [-0.25, -0.2) is 4.98 Å². The molecule has 0 unspecified atom stereocenters. The number of fused-ring (bicyclic) bond motifs is 2. The van der Waals surface area contributed by atoms with E-state index in [9.17, 15) is 14.4 Å². The van der Waals surface area contributed by atoms with E-state index in [0.29, 0.717) is 26.1 Å². The lowest BCUT2D eigenvalue weighted by Crippen LogP contribution is -2.28. The van der Waals surface area contributed by atoms with Crippen LogP contribution in [-0.2, 0) is 11.3 Å². The Bertz CT molecular complexity index is 1160. The fraction of sp³-hybridized carbons (Fsp3) is 0.125. The Morgan fingerprint density at radius 2 is 2.22 bits per heavy atom. The van der Waals surface area contributed by atoms with E-state index in [1.165, 1.54) is 11.3 Å². The molecule has 3 N–H and O–H groups in total. The van der Waals surface area contributed by atoms with Gasteiger partial charge in [0, 0.05) is 11.0 Å². The molecule has 0 radical (unpaired) electrons. The standard InChI is InChI=1S/C16H12BBrN4O4S/c17-12-11(18)10-14(24)21-13(22-16(10)27-12)15(25)19-4-6-1-2-8-7(3-6)20-9(23)5-26-8/h1-3H,4-5,17H2,(H,19,25)(H,20,23)(H,21,22,24). The van der Waals surface area contributed by atoms with Gasteiger partial charge in [0.1, 0.15) is 10.6 Å². The summed E-state index contributed by atoms with van der Waals surface area (Å²) in [6.45, 7) is 0.194. The number of amides is 2. The van der Waals surface area contributed by atoms with E-state index < -0.39 is 5.91 Å². The first-order valence-corrected chi connectivity index (χ1v) is 9.56. The summed E-state index contributed by atoms with van der Waals surface area (Å²) in [5, 5.41) is 5.87. The highest BCUT2D eigenvalue weighted by Crippen LogP contribution is 2.28. The molecule has 11 heteroatoms. The zero-order valence-electron chi connectivity index (χ0n) is 14.0. The van der Waals surface area contributed by atoms with E-state index in [4.69, 9.17) is 4.74 Å². The van der Waals surface area contributed by atoms with Crippen molar-refractivity contribution in [2.75, 3.05) is 11.9 Å². The van der Waals surface area contributed by atoms with Crippen molar-refractivity contribution in [3.8, 4) is 5.75 Å². The quantitative estimate of drug-likeness (QED) is 0.499. The Kier molecular flexibility index (Phi) is 4.48. The van der Waals surface area contributed by atoms with E-state index in [1.54, 1.807) is 18.2 Å². The third-order valence-electron chi connectivity index (χ3n) is 4.01. The minimum atomic E-state index is -0.491.